The van der Waals surface area contributed by atoms with Crippen molar-refractivity contribution in [3.63, 3.8) is 0 Å². The lowest BCUT2D eigenvalue weighted by Crippen LogP contribution is -2.23. The molecule has 4 rings (SSSR count). The van der Waals surface area contributed by atoms with Gasteiger partial charge in [-0.2, -0.15) is 0 Å². The molecule has 0 fully saturated rings. The van der Waals surface area contributed by atoms with Crippen molar-refractivity contribution in [3.8, 4) is 11.5 Å². The molecule has 0 saturated carbocycles. The number of aromatic hydroxyl groups is 2. The normalized spacial score (nSPS) is 11.6. The zero-order chi connectivity index (χ0) is 24.1. The predicted molar refractivity (Wildman–Crippen MR) is 132 cm³/mol. The summed E-state index contributed by atoms with van der Waals surface area (Å²) in [5, 5.41) is 22.9. The van der Waals surface area contributed by atoms with Crippen molar-refractivity contribution in [2.45, 2.75) is 11.4 Å². The summed E-state index contributed by atoms with van der Waals surface area (Å²) in [6, 6.07) is 23.1. The van der Waals surface area contributed by atoms with Gasteiger partial charge in [-0.05, 0) is 41.5 Å². The molecule has 1 amide bonds. The van der Waals surface area contributed by atoms with E-state index in [1.165, 1.54) is 36.4 Å². The highest BCUT2D eigenvalue weighted by Gasteiger charge is 2.18. The van der Waals surface area contributed by atoms with Crippen molar-refractivity contribution in [3.05, 3.63) is 102 Å². The summed E-state index contributed by atoms with van der Waals surface area (Å²) < 4.78 is 28.7. The number of anilines is 1. The number of nitrogens with one attached hydrogen (secondary N) is 2. The molecule has 7 nitrogen and oxygen atoms in total. The van der Waals surface area contributed by atoms with Crippen LogP contribution in [0.25, 0.3) is 16.8 Å². The van der Waals surface area contributed by atoms with E-state index in [9.17, 15) is 23.4 Å². The number of phenols is 2. The standard InChI is InChI=1S/C26H22N2O5S/c29-20-14-19(15-21(30)16-20)12-13-26(31)28-24-10-4-9-23-22(24)8-5-11-25(23)34(32,33)27-17-18-6-2-1-3-7-18/h1-16,27,29-30H,17H2,(H,28,31)/b13-12+. The van der Waals surface area contributed by atoms with E-state index in [-0.39, 0.29) is 22.9 Å². The lowest BCUT2D eigenvalue weighted by molar-refractivity contribution is -0.111. The van der Waals surface area contributed by atoms with Crippen LogP contribution in [-0.4, -0.2) is 24.5 Å². The third-order valence-electron chi connectivity index (χ3n) is 5.09. The minimum Gasteiger partial charge on any atom is -0.508 e. The van der Waals surface area contributed by atoms with E-state index in [2.05, 4.69) is 10.0 Å². The van der Waals surface area contributed by atoms with Gasteiger partial charge in [-0.3, -0.25) is 4.79 Å². The number of phenolic OH excluding ortho intramolecular Hbond substituents is 2. The van der Waals surface area contributed by atoms with Gasteiger partial charge in [0.25, 0.3) is 0 Å². The highest BCUT2D eigenvalue weighted by Crippen LogP contribution is 2.29. The maximum absolute atomic E-state index is 13.0. The molecule has 0 aliphatic rings. The lowest BCUT2D eigenvalue weighted by Gasteiger charge is -2.12. The molecule has 0 atom stereocenters. The molecular weight excluding hydrogens is 452 g/mol. The average molecular weight is 475 g/mol. The van der Waals surface area contributed by atoms with Gasteiger partial charge in [0.05, 0.1) is 4.90 Å². The Morgan fingerprint density at radius 3 is 2.24 bits per heavy atom. The fourth-order valence-corrected chi connectivity index (χ4v) is 4.77. The lowest BCUT2D eigenvalue weighted by atomic mass is 10.1. The van der Waals surface area contributed by atoms with Crippen LogP contribution in [-0.2, 0) is 21.4 Å². The smallest absolute Gasteiger partial charge is 0.248 e. The Kier molecular flexibility index (Phi) is 6.62. The molecule has 0 radical (unpaired) electrons. The predicted octanol–water partition coefficient (Wildman–Crippen LogP) is 4.38. The van der Waals surface area contributed by atoms with E-state index >= 15 is 0 Å². The second-order valence-corrected chi connectivity index (χ2v) is 9.31. The van der Waals surface area contributed by atoms with Crippen LogP contribution in [0.1, 0.15) is 11.1 Å². The van der Waals surface area contributed by atoms with E-state index in [1.807, 2.05) is 30.3 Å². The highest BCUT2D eigenvalue weighted by molar-refractivity contribution is 7.89. The third kappa shape index (κ3) is 5.43. The van der Waals surface area contributed by atoms with E-state index in [0.717, 1.165) is 5.56 Å². The molecule has 4 aromatic carbocycles. The summed E-state index contributed by atoms with van der Waals surface area (Å²) in [4.78, 5) is 12.6. The average Bonchev–Trinajstić information content (AvgIpc) is 2.81. The van der Waals surface area contributed by atoms with Crippen LogP contribution < -0.4 is 10.0 Å². The molecule has 172 valence electrons. The number of hydrogen-bond donors (Lipinski definition) is 4. The molecule has 0 spiro atoms. The van der Waals surface area contributed by atoms with Crippen LogP contribution in [0.15, 0.2) is 95.9 Å². The number of fused-ring (bicyclic) bond motifs is 1. The largest absolute Gasteiger partial charge is 0.508 e. The van der Waals surface area contributed by atoms with Crippen molar-refractivity contribution < 1.29 is 23.4 Å². The Hall–Kier alpha value is -4.14. The first-order valence-electron chi connectivity index (χ1n) is 10.4. The first-order chi connectivity index (χ1) is 16.3. The fourth-order valence-electron chi connectivity index (χ4n) is 3.54. The Balaban J connectivity index is 1.57. The third-order valence-corrected chi connectivity index (χ3v) is 6.55. The maximum atomic E-state index is 13.0. The second kappa shape index (κ2) is 9.78. The number of carbonyl (C=O) groups is 1. The molecule has 0 aliphatic carbocycles. The van der Waals surface area contributed by atoms with Crippen molar-refractivity contribution in [2.24, 2.45) is 0 Å². The topological polar surface area (TPSA) is 116 Å². The minimum absolute atomic E-state index is 0.114. The number of benzene rings is 4. The molecule has 8 heteroatoms. The molecule has 0 heterocycles. The molecule has 0 unspecified atom stereocenters. The van der Waals surface area contributed by atoms with Gasteiger partial charge in [-0.1, -0.05) is 54.6 Å². The number of amides is 1. The monoisotopic (exact) mass is 474 g/mol. The zero-order valence-corrected chi connectivity index (χ0v) is 18.8. The van der Waals surface area contributed by atoms with Crippen molar-refractivity contribution >= 4 is 38.5 Å². The maximum Gasteiger partial charge on any atom is 0.248 e. The molecule has 34 heavy (non-hydrogen) atoms. The first-order valence-corrected chi connectivity index (χ1v) is 11.9. The van der Waals surface area contributed by atoms with Gasteiger partial charge in [0, 0.05) is 35.1 Å². The summed E-state index contributed by atoms with van der Waals surface area (Å²) in [6.07, 6.45) is 2.71. The molecule has 0 saturated heterocycles. The van der Waals surface area contributed by atoms with Crippen LogP contribution in [0.4, 0.5) is 5.69 Å². The van der Waals surface area contributed by atoms with Crippen LogP contribution in [0, 0.1) is 0 Å². The highest BCUT2D eigenvalue weighted by atomic mass is 32.2. The van der Waals surface area contributed by atoms with Gasteiger partial charge >= 0.3 is 0 Å². The Morgan fingerprint density at radius 2 is 1.50 bits per heavy atom. The second-order valence-electron chi connectivity index (χ2n) is 7.57. The molecule has 0 bridgehead atoms. The van der Waals surface area contributed by atoms with Crippen LogP contribution in [0.5, 0.6) is 11.5 Å². The Bertz CT molecular complexity index is 1460. The number of carbonyl (C=O) groups excluding carboxylic acids is 1. The molecule has 4 N–H and O–H groups in total. The van der Waals surface area contributed by atoms with Gasteiger partial charge in [0.1, 0.15) is 11.5 Å². The van der Waals surface area contributed by atoms with Crippen molar-refractivity contribution in [1.82, 2.24) is 4.72 Å². The van der Waals surface area contributed by atoms with Gasteiger partial charge in [0.15, 0.2) is 0 Å². The van der Waals surface area contributed by atoms with Gasteiger partial charge in [0.2, 0.25) is 15.9 Å². The van der Waals surface area contributed by atoms with E-state index in [0.29, 0.717) is 22.0 Å². The Labute approximate surface area is 197 Å². The summed E-state index contributed by atoms with van der Waals surface area (Å²) in [5.41, 5.74) is 1.74. The van der Waals surface area contributed by atoms with Crippen LogP contribution in [0.3, 0.4) is 0 Å². The summed E-state index contributed by atoms with van der Waals surface area (Å²) >= 11 is 0. The van der Waals surface area contributed by atoms with Gasteiger partial charge in [-0.15, -0.1) is 0 Å². The molecular formula is C26H22N2O5S. The van der Waals surface area contributed by atoms with E-state index in [1.54, 1.807) is 30.3 Å². The minimum atomic E-state index is -3.81. The zero-order valence-electron chi connectivity index (χ0n) is 18.0. The summed E-state index contributed by atoms with van der Waals surface area (Å²) in [5.74, 6) is -0.696. The number of rotatable bonds is 7. The number of sulfonamides is 1. The summed E-state index contributed by atoms with van der Waals surface area (Å²) in [6.45, 7) is 0.158. The number of hydrogen-bond acceptors (Lipinski definition) is 5. The fraction of sp³-hybridized carbons (Fsp3) is 0.0385. The van der Waals surface area contributed by atoms with Crippen molar-refractivity contribution in [1.29, 1.82) is 0 Å². The van der Waals surface area contributed by atoms with Crippen LogP contribution in [0.2, 0.25) is 0 Å². The molecule has 4 aromatic rings. The van der Waals surface area contributed by atoms with Gasteiger partial charge in [-0.25, -0.2) is 13.1 Å². The first kappa shape index (κ1) is 23.0. The van der Waals surface area contributed by atoms with E-state index < -0.39 is 15.9 Å². The quantitative estimate of drug-likeness (QED) is 0.297. The summed E-state index contributed by atoms with van der Waals surface area (Å²) in [7, 11) is -3.81. The van der Waals surface area contributed by atoms with E-state index in [4.69, 9.17) is 0 Å². The van der Waals surface area contributed by atoms with Crippen molar-refractivity contribution in [2.75, 3.05) is 5.32 Å². The van der Waals surface area contributed by atoms with Gasteiger partial charge < -0.3 is 15.5 Å². The Morgan fingerprint density at radius 1 is 0.824 bits per heavy atom. The SMILES string of the molecule is O=C(/C=C/c1cc(O)cc(O)c1)Nc1cccc2c(S(=O)(=O)NCc3ccccc3)cccc12. The molecule has 0 aromatic heterocycles. The molecule has 0 aliphatic heterocycles. The van der Waals surface area contributed by atoms with Crippen LogP contribution >= 0.6 is 0 Å².